The Morgan fingerprint density at radius 3 is 2.74 bits per heavy atom. The highest BCUT2D eigenvalue weighted by Crippen LogP contribution is 2.28. The molecule has 0 unspecified atom stereocenters. The van der Waals surface area contributed by atoms with Crippen LogP contribution in [0.4, 0.5) is 17.5 Å². The third-order valence-corrected chi connectivity index (χ3v) is 3.54. The molecule has 1 aromatic heterocycles. The van der Waals surface area contributed by atoms with Crippen molar-refractivity contribution in [3.8, 4) is 5.75 Å². The summed E-state index contributed by atoms with van der Waals surface area (Å²) in [6, 6.07) is 13.3. The maximum Gasteiger partial charge on any atom is 0.229 e. The largest absolute Gasteiger partial charge is 0.506 e. The molecule has 5 heteroatoms. The summed E-state index contributed by atoms with van der Waals surface area (Å²) in [4.78, 5) is 9.10. The molecule has 0 aliphatic rings. The number of hydrogen-bond donors (Lipinski definition) is 3. The fraction of sp³-hybridized carbons (Fsp3) is 0.222. The molecule has 1 heterocycles. The van der Waals surface area contributed by atoms with E-state index in [0.717, 1.165) is 35.2 Å². The number of phenols is 1. The summed E-state index contributed by atoms with van der Waals surface area (Å²) in [5.74, 6) is 1.44. The number of rotatable bonds is 5. The molecule has 0 aliphatic heterocycles. The van der Waals surface area contributed by atoms with Gasteiger partial charge in [0.15, 0.2) is 0 Å². The van der Waals surface area contributed by atoms with Crippen LogP contribution in [0.25, 0.3) is 10.9 Å². The first-order valence-electron chi connectivity index (χ1n) is 7.74. The molecular weight excluding hydrogens is 288 g/mol. The van der Waals surface area contributed by atoms with Crippen molar-refractivity contribution in [2.24, 2.45) is 0 Å². The number of fused-ring (bicyclic) bond motifs is 1. The lowest BCUT2D eigenvalue weighted by Gasteiger charge is -2.12. The minimum atomic E-state index is 0.176. The van der Waals surface area contributed by atoms with Crippen molar-refractivity contribution in [3.05, 3.63) is 48.0 Å². The van der Waals surface area contributed by atoms with E-state index in [1.54, 1.807) is 6.07 Å². The number of aromatic nitrogens is 2. The smallest absolute Gasteiger partial charge is 0.229 e. The van der Waals surface area contributed by atoms with E-state index in [0.29, 0.717) is 11.6 Å². The van der Waals surface area contributed by atoms with Crippen LogP contribution in [0.5, 0.6) is 5.75 Å². The van der Waals surface area contributed by atoms with Gasteiger partial charge in [0.2, 0.25) is 5.95 Å². The summed E-state index contributed by atoms with van der Waals surface area (Å²) in [6.45, 7) is 4.93. The van der Waals surface area contributed by atoms with Crippen molar-refractivity contribution >= 4 is 28.4 Å². The Hall–Kier alpha value is -2.82. The highest BCUT2D eigenvalue weighted by atomic mass is 16.3. The Bertz CT molecular complexity index is 832. The summed E-state index contributed by atoms with van der Waals surface area (Å²) >= 11 is 0. The molecular formula is C18H20N4O. The van der Waals surface area contributed by atoms with Crippen molar-refractivity contribution in [2.75, 3.05) is 17.2 Å². The molecule has 0 atom stereocenters. The Morgan fingerprint density at radius 2 is 1.91 bits per heavy atom. The number of para-hydroxylation sites is 1. The first kappa shape index (κ1) is 15.1. The van der Waals surface area contributed by atoms with E-state index in [4.69, 9.17) is 0 Å². The molecule has 5 nitrogen and oxygen atoms in total. The standard InChI is InChI=1S/C18H20N4O/c1-3-10-19-17-13-6-4-5-7-14(13)20-18(22-17)21-15-11-12(2)8-9-16(15)23/h4-9,11,23H,3,10H2,1-2H3,(H2,19,20,21,22). The highest BCUT2D eigenvalue weighted by Gasteiger charge is 2.09. The Labute approximate surface area is 135 Å². The van der Waals surface area contributed by atoms with Gasteiger partial charge in [0, 0.05) is 11.9 Å². The van der Waals surface area contributed by atoms with Crippen LogP contribution in [-0.2, 0) is 0 Å². The minimum Gasteiger partial charge on any atom is -0.506 e. The van der Waals surface area contributed by atoms with E-state index < -0.39 is 0 Å². The Kier molecular flexibility index (Phi) is 4.28. The molecule has 0 spiro atoms. The normalized spacial score (nSPS) is 10.7. The molecule has 2 aromatic carbocycles. The predicted molar refractivity (Wildman–Crippen MR) is 94.4 cm³/mol. The van der Waals surface area contributed by atoms with E-state index in [-0.39, 0.29) is 5.75 Å². The van der Waals surface area contributed by atoms with Crippen LogP contribution < -0.4 is 10.6 Å². The average molecular weight is 308 g/mol. The molecule has 0 saturated carbocycles. The van der Waals surface area contributed by atoms with Gasteiger partial charge in [-0.05, 0) is 43.2 Å². The lowest BCUT2D eigenvalue weighted by atomic mass is 10.2. The number of aryl methyl sites for hydroxylation is 1. The Morgan fingerprint density at radius 1 is 1.09 bits per heavy atom. The topological polar surface area (TPSA) is 70.1 Å². The first-order valence-corrected chi connectivity index (χ1v) is 7.74. The predicted octanol–water partition coefficient (Wildman–Crippen LogP) is 4.21. The number of benzene rings is 2. The van der Waals surface area contributed by atoms with Crippen LogP contribution in [0.15, 0.2) is 42.5 Å². The molecule has 0 bridgehead atoms. The average Bonchev–Trinajstić information content (AvgIpc) is 2.56. The zero-order chi connectivity index (χ0) is 16.2. The van der Waals surface area contributed by atoms with Gasteiger partial charge in [-0.2, -0.15) is 4.98 Å². The molecule has 118 valence electrons. The van der Waals surface area contributed by atoms with Gasteiger partial charge in [0.05, 0.1) is 11.2 Å². The molecule has 0 aliphatic carbocycles. The Balaban J connectivity index is 2.02. The number of aromatic hydroxyl groups is 1. The summed E-state index contributed by atoms with van der Waals surface area (Å²) in [6.07, 6.45) is 1.01. The van der Waals surface area contributed by atoms with Gasteiger partial charge in [0.1, 0.15) is 11.6 Å². The van der Waals surface area contributed by atoms with Crippen molar-refractivity contribution in [2.45, 2.75) is 20.3 Å². The van der Waals surface area contributed by atoms with Crippen molar-refractivity contribution in [1.82, 2.24) is 9.97 Å². The summed E-state index contributed by atoms with van der Waals surface area (Å²) in [5, 5.41) is 17.4. The molecule has 3 aromatic rings. The van der Waals surface area contributed by atoms with Gasteiger partial charge in [-0.3, -0.25) is 0 Å². The van der Waals surface area contributed by atoms with Crippen LogP contribution in [0.1, 0.15) is 18.9 Å². The van der Waals surface area contributed by atoms with Crippen molar-refractivity contribution in [1.29, 1.82) is 0 Å². The van der Waals surface area contributed by atoms with Gasteiger partial charge in [0.25, 0.3) is 0 Å². The van der Waals surface area contributed by atoms with E-state index in [1.807, 2.05) is 43.3 Å². The lowest BCUT2D eigenvalue weighted by molar-refractivity contribution is 0.477. The number of anilines is 3. The third kappa shape index (κ3) is 3.34. The maximum atomic E-state index is 9.99. The number of hydrogen-bond acceptors (Lipinski definition) is 5. The SMILES string of the molecule is CCCNc1nc(Nc2cc(C)ccc2O)nc2ccccc12. The number of nitrogens with one attached hydrogen (secondary N) is 2. The molecule has 0 radical (unpaired) electrons. The van der Waals surface area contributed by atoms with Crippen molar-refractivity contribution < 1.29 is 5.11 Å². The molecule has 23 heavy (non-hydrogen) atoms. The second-order valence-electron chi connectivity index (χ2n) is 5.49. The van der Waals surface area contributed by atoms with Gasteiger partial charge in [-0.1, -0.05) is 25.1 Å². The van der Waals surface area contributed by atoms with Crippen LogP contribution >= 0.6 is 0 Å². The summed E-state index contributed by atoms with van der Waals surface area (Å²) in [5.41, 5.74) is 2.51. The van der Waals surface area contributed by atoms with Gasteiger partial charge < -0.3 is 15.7 Å². The van der Waals surface area contributed by atoms with E-state index in [1.165, 1.54) is 0 Å². The summed E-state index contributed by atoms with van der Waals surface area (Å²) < 4.78 is 0. The van der Waals surface area contributed by atoms with Gasteiger partial charge in [-0.15, -0.1) is 0 Å². The fourth-order valence-corrected chi connectivity index (χ4v) is 2.38. The molecule has 0 amide bonds. The molecule has 3 rings (SSSR count). The van der Waals surface area contributed by atoms with E-state index in [2.05, 4.69) is 27.5 Å². The van der Waals surface area contributed by atoms with E-state index in [9.17, 15) is 5.11 Å². The highest BCUT2D eigenvalue weighted by molar-refractivity contribution is 5.90. The maximum absolute atomic E-state index is 9.99. The van der Waals surface area contributed by atoms with Crippen LogP contribution in [-0.4, -0.2) is 21.6 Å². The number of nitrogens with zero attached hydrogens (tertiary/aromatic N) is 2. The molecule has 3 N–H and O–H groups in total. The number of phenolic OH excluding ortho intramolecular Hbond substituents is 1. The molecule has 0 fully saturated rings. The fourth-order valence-electron chi connectivity index (χ4n) is 2.38. The summed E-state index contributed by atoms with van der Waals surface area (Å²) in [7, 11) is 0. The van der Waals surface area contributed by atoms with Crippen LogP contribution in [0, 0.1) is 6.92 Å². The van der Waals surface area contributed by atoms with Crippen LogP contribution in [0.3, 0.4) is 0 Å². The lowest BCUT2D eigenvalue weighted by Crippen LogP contribution is -2.06. The van der Waals surface area contributed by atoms with Crippen molar-refractivity contribution in [3.63, 3.8) is 0 Å². The van der Waals surface area contributed by atoms with Gasteiger partial charge in [-0.25, -0.2) is 4.98 Å². The van der Waals surface area contributed by atoms with E-state index >= 15 is 0 Å². The monoisotopic (exact) mass is 308 g/mol. The first-order chi connectivity index (χ1) is 11.2. The zero-order valence-corrected chi connectivity index (χ0v) is 13.3. The third-order valence-electron chi connectivity index (χ3n) is 3.54. The minimum absolute atomic E-state index is 0.176. The zero-order valence-electron chi connectivity index (χ0n) is 13.3. The van der Waals surface area contributed by atoms with Crippen LogP contribution in [0.2, 0.25) is 0 Å². The quantitative estimate of drug-likeness (QED) is 0.616. The molecule has 0 saturated heterocycles. The second kappa shape index (κ2) is 6.52. The second-order valence-corrected chi connectivity index (χ2v) is 5.49. The van der Waals surface area contributed by atoms with Gasteiger partial charge >= 0.3 is 0 Å².